The molecular formula is C17H19NO3. The summed E-state index contributed by atoms with van der Waals surface area (Å²) in [4.78, 5) is 12.0. The van der Waals surface area contributed by atoms with Gasteiger partial charge in [-0.05, 0) is 42.3 Å². The molecule has 0 aromatic heterocycles. The zero-order valence-electron chi connectivity index (χ0n) is 12.0. The van der Waals surface area contributed by atoms with Crippen LogP contribution >= 0.6 is 0 Å². The molecule has 2 rings (SSSR count). The maximum atomic E-state index is 12.0. The monoisotopic (exact) mass is 285 g/mol. The quantitative estimate of drug-likeness (QED) is 0.857. The fraction of sp³-hybridized carbons (Fsp3) is 0.235. The van der Waals surface area contributed by atoms with E-state index in [1.165, 1.54) is 0 Å². The van der Waals surface area contributed by atoms with Crippen molar-refractivity contribution in [3.63, 3.8) is 0 Å². The number of aliphatic hydroxyl groups excluding tert-OH is 1. The number of hydrogen-bond acceptors (Lipinski definition) is 3. The van der Waals surface area contributed by atoms with E-state index in [0.29, 0.717) is 18.7 Å². The highest BCUT2D eigenvalue weighted by Crippen LogP contribution is 2.12. The van der Waals surface area contributed by atoms with Crippen molar-refractivity contribution in [2.75, 3.05) is 6.61 Å². The molecule has 4 heteroatoms. The van der Waals surface area contributed by atoms with E-state index < -0.39 is 0 Å². The van der Waals surface area contributed by atoms with Crippen LogP contribution in [0.5, 0.6) is 5.75 Å². The van der Waals surface area contributed by atoms with Gasteiger partial charge in [-0.3, -0.25) is 4.79 Å². The molecule has 0 unspecified atom stereocenters. The molecule has 4 nitrogen and oxygen atoms in total. The number of hydrogen-bond donors (Lipinski definition) is 2. The number of amides is 1. The second-order valence-electron chi connectivity index (χ2n) is 4.61. The lowest BCUT2D eigenvalue weighted by molar-refractivity contribution is 0.0951. The first-order valence-corrected chi connectivity index (χ1v) is 6.92. The van der Waals surface area contributed by atoms with Gasteiger partial charge in [0.1, 0.15) is 5.75 Å². The molecule has 0 saturated carbocycles. The van der Waals surface area contributed by atoms with Crippen LogP contribution in [-0.2, 0) is 13.2 Å². The van der Waals surface area contributed by atoms with E-state index >= 15 is 0 Å². The van der Waals surface area contributed by atoms with Gasteiger partial charge in [0, 0.05) is 12.1 Å². The van der Waals surface area contributed by atoms with E-state index in [1.807, 2.05) is 31.2 Å². The Morgan fingerprint density at radius 3 is 2.24 bits per heavy atom. The van der Waals surface area contributed by atoms with Gasteiger partial charge in [0.25, 0.3) is 5.91 Å². The van der Waals surface area contributed by atoms with Gasteiger partial charge in [0.05, 0.1) is 13.2 Å². The van der Waals surface area contributed by atoms with Gasteiger partial charge < -0.3 is 15.2 Å². The molecule has 0 fully saturated rings. The lowest BCUT2D eigenvalue weighted by Crippen LogP contribution is -2.22. The molecule has 0 radical (unpaired) electrons. The number of aliphatic hydroxyl groups is 1. The zero-order valence-corrected chi connectivity index (χ0v) is 12.0. The Hall–Kier alpha value is -2.33. The highest BCUT2D eigenvalue weighted by molar-refractivity contribution is 5.94. The van der Waals surface area contributed by atoms with Crippen LogP contribution in [0.25, 0.3) is 0 Å². The van der Waals surface area contributed by atoms with Crippen molar-refractivity contribution >= 4 is 5.91 Å². The molecule has 0 heterocycles. The summed E-state index contributed by atoms with van der Waals surface area (Å²) in [5.74, 6) is 0.637. The third-order valence-corrected chi connectivity index (χ3v) is 3.09. The lowest BCUT2D eigenvalue weighted by Gasteiger charge is -2.07. The summed E-state index contributed by atoms with van der Waals surface area (Å²) in [6.07, 6.45) is 0. The van der Waals surface area contributed by atoms with Gasteiger partial charge in [-0.1, -0.05) is 24.3 Å². The molecule has 2 aromatic rings. The van der Waals surface area contributed by atoms with Crippen molar-refractivity contribution in [3.05, 3.63) is 65.2 Å². The summed E-state index contributed by atoms with van der Waals surface area (Å²) in [7, 11) is 0. The molecule has 1 amide bonds. The normalized spacial score (nSPS) is 10.2. The van der Waals surface area contributed by atoms with Gasteiger partial charge in [-0.15, -0.1) is 0 Å². The minimum absolute atomic E-state index is 0.0266. The highest BCUT2D eigenvalue weighted by atomic mass is 16.5. The van der Waals surface area contributed by atoms with Crippen molar-refractivity contribution in [3.8, 4) is 5.75 Å². The number of carbonyl (C=O) groups excluding carboxylic acids is 1. The van der Waals surface area contributed by atoms with Crippen molar-refractivity contribution in [1.29, 1.82) is 0 Å². The molecule has 0 spiro atoms. The summed E-state index contributed by atoms with van der Waals surface area (Å²) in [5.41, 5.74) is 2.45. The van der Waals surface area contributed by atoms with Gasteiger partial charge in [-0.25, -0.2) is 0 Å². The fourth-order valence-electron chi connectivity index (χ4n) is 1.92. The molecule has 2 N–H and O–H groups in total. The van der Waals surface area contributed by atoms with E-state index in [9.17, 15) is 4.79 Å². The minimum Gasteiger partial charge on any atom is -0.494 e. The number of nitrogens with one attached hydrogen (secondary N) is 1. The average Bonchev–Trinajstić information content (AvgIpc) is 2.54. The highest BCUT2D eigenvalue weighted by Gasteiger charge is 2.05. The van der Waals surface area contributed by atoms with E-state index in [4.69, 9.17) is 9.84 Å². The first-order valence-electron chi connectivity index (χ1n) is 6.92. The van der Waals surface area contributed by atoms with Crippen LogP contribution in [0.4, 0.5) is 0 Å². The summed E-state index contributed by atoms with van der Waals surface area (Å²) in [6.45, 7) is 3.01. The SMILES string of the molecule is CCOc1ccc(C(=O)NCc2ccc(CO)cc2)cc1. The van der Waals surface area contributed by atoms with E-state index in [1.54, 1.807) is 24.3 Å². The second kappa shape index (κ2) is 7.45. The topological polar surface area (TPSA) is 58.6 Å². The van der Waals surface area contributed by atoms with Crippen molar-refractivity contribution in [2.24, 2.45) is 0 Å². The third-order valence-electron chi connectivity index (χ3n) is 3.09. The van der Waals surface area contributed by atoms with E-state index in [0.717, 1.165) is 16.9 Å². The van der Waals surface area contributed by atoms with Gasteiger partial charge in [-0.2, -0.15) is 0 Å². The predicted molar refractivity (Wildman–Crippen MR) is 81.1 cm³/mol. The number of ether oxygens (including phenoxy) is 1. The van der Waals surface area contributed by atoms with Crippen LogP contribution in [-0.4, -0.2) is 17.6 Å². The molecule has 0 bridgehead atoms. The molecule has 21 heavy (non-hydrogen) atoms. The molecule has 0 saturated heterocycles. The van der Waals surface area contributed by atoms with Gasteiger partial charge in [0.2, 0.25) is 0 Å². The third kappa shape index (κ3) is 4.33. The second-order valence-corrected chi connectivity index (χ2v) is 4.61. The Morgan fingerprint density at radius 2 is 1.67 bits per heavy atom. The van der Waals surface area contributed by atoms with E-state index in [2.05, 4.69) is 5.32 Å². The molecule has 0 aliphatic rings. The molecular weight excluding hydrogens is 266 g/mol. The van der Waals surface area contributed by atoms with Crippen LogP contribution in [0, 0.1) is 0 Å². The fourth-order valence-corrected chi connectivity index (χ4v) is 1.92. The lowest BCUT2D eigenvalue weighted by atomic mass is 10.1. The molecule has 0 aliphatic heterocycles. The van der Waals surface area contributed by atoms with Gasteiger partial charge >= 0.3 is 0 Å². The van der Waals surface area contributed by atoms with Gasteiger partial charge in [0.15, 0.2) is 0 Å². The Bertz CT molecular complexity index is 576. The maximum absolute atomic E-state index is 12.0. The number of carbonyl (C=O) groups is 1. The van der Waals surface area contributed by atoms with Crippen molar-refractivity contribution in [2.45, 2.75) is 20.1 Å². The predicted octanol–water partition coefficient (Wildman–Crippen LogP) is 2.51. The van der Waals surface area contributed by atoms with Crippen molar-refractivity contribution in [1.82, 2.24) is 5.32 Å². The van der Waals surface area contributed by atoms with Crippen LogP contribution < -0.4 is 10.1 Å². The minimum atomic E-state index is -0.121. The smallest absolute Gasteiger partial charge is 0.251 e. The van der Waals surface area contributed by atoms with E-state index in [-0.39, 0.29) is 12.5 Å². The molecule has 110 valence electrons. The number of benzene rings is 2. The molecule has 0 aliphatic carbocycles. The maximum Gasteiger partial charge on any atom is 0.251 e. The average molecular weight is 285 g/mol. The van der Waals surface area contributed by atoms with Crippen LogP contribution in [0.1, 0.15) is 28.4 Å². The number of rotatable bonds is 6. The summed E-state index contributed by atoms with van der Waals surface area (Å²) < 4.78 is 5.34. The largest absolute Gasteiger partial charge is 0.494 e. The summed E-state index contributed by atoms with van der Waals surface area (Å²) in [5, 5.41) is 11.8. The van der Waals surface area contributed by atoms with Crippen LogP contribution in [0.2, 0.25) is 0 Å². The first-order chi connectivity index (χ1) is 10.2. The Kier molecular flexibility index (Phi) is 5.35. The summed E-state index contributed by atoms with van der Waals surface area (Å²) >= 11 is 0. The molecule has 0 atom stereocenters. The molecule has 2 aromatic carbocycles. The van der Waals surface area contributed by atoms with Crippen molar-refractivity contribution < 1.29 is 14.6 Å². The summed E-state index contributed by atoms with van der Waals surface area (Å²) in [6, 6.07) is 14.5. The van der Waals surface area contributed by atoms with Crippen LogP contribution in [0.3, 0.4) is 0 Å². The zero-order chi connectivity index (χ0) is 15.1. The van der Waals surface area contributed by atoms with Crippen LogP contribution in [0.15, 0.2) is 48.5 Å². The Morgan fingerprint density at radius 1 is 1.05 bits per heavy atom. The Labute approximate surface area is 124 Å². The first kappa shape index (κ1) is 15.1. The standard InChI is InChI=1S/C17H19NO3/c1-2-21-16-9-7-15(8-10-16)17(20)18-11-13-3-5-14(12-19)6-4-13/h3-10,19H,2,11-12H2,1H3,(H,18,20). The Balaban J connectivity index is 1.91.